The zero-order valence-corrected chi connectivity index (χ0v) is 13.9. The van der Waals surface area contributed by atoms with Crippen LogP contribution in [0.3, 0.4) is 0 Å². The molecule has 1 amide bonds. The molecule has 6 nitrogen and oxygen atoms in total. The Hall–Kier alpha value is -1.30. The molecular weight excluding hydrogens is 270 g/mol. The first kappa shape index (κ1) is 19.7. The Balaban J connectivity index is 5.31. The van der Waals surface area contributed by atoms with Crippen LogP contribution in [0.15, 0.2) is 5.16 Å². The van der Waals surface area contributed by atoms with E-state index in [1.54, 1.807) is 4.90 Å². The molecule has 0 rings (SSSR count). The van der Waals surface area contributed by atoms with Crippen molar-refractivity contribution in [2.75, 3.05) is 26.3 Å². The number of oxime groups is 1. The van der Waals surface area contributed by atoms with Crippen molar-refractivity contribution in [3.63, 3.8) is 0 Å². The summed E-state index contributed by atoms with van der Waals surface area (Å²) in [5.74, 6) is -0.0465. The number of amides is 1. The molecule has 0 aliphatic rings. The quantitative estimate of drug-likeness (QED) is 0.201. The number of amidine groups is 1. The van der Waals surface area contributed by atoms with Gasteiger partial charge in [-0.3, -0.25) is 4.79 Å². The number of carbonyl (C=O) groups excluding carboxylic acids is 1. The summed E-state index contributed by atoms with van der Waals surface area (Å²) in [6, 6.07) is 0. The molecule has 0 radical (unpaired) electrons. The van der Waals surface area contributed by atoms with Crippen LogP contribution in [-0.4, -0.2) is 48.2 Å². The van der Waals surface area contributed by atoms with Gasteiger partial charge in [-0.05, 0) is 26.7 Å². The Bertz CT molecular complexity index is 326. The number of hydrogen-bond acceptors (Lipinski definition) is 4. The minimum Gasteiger partial charge on any atom is -0.409 e. The zero-order chi connectivity index (χ0) is 16.3. The van der Waals surface area contributed by atoms with Crippen molar-refractivity contribution in [1.29, 1.82) is 0 Å². The topological polar surface area (TPSA) is 88.2 Å². The highest BCUT2D eigenvalue weighted by Crippen LogP contribution is 2.32. The third-order valence-electron chi connectivity index (χ3n) is 3.74. The highest BCUT2D eigenvalue weighted by atomic mass is 16.5. The predicted octanol–water partition coefficient (Wildman–Crippen LogP) is 2.20. The maximum absolute atomic E-state index is 13.0. The molecule has 124 valence electrons. The number of nitrogens with zero attached hydrogens (tertiary/aromatic N) is 2. The number of likely N-dealkylation sites (N-methyl/N-ethyl adjacent to an activating group) is 1. The highest BCUT2D eigenvalue weighted by Gasteiger charge is 2.43. The summed E-state index contributed by atoms with van der Waals surface area (Å²) in [7, 11) is 0. The fourth-order valence-electron chi connectivity index (χ4n) is 2.68. The zero-order valence-electron chi connectivity index (χ0n) is 13.9. The van der Waals surface area contributed by atoms with E-state index in [1.807, 2.05) is 27.7 Å². The molecule has 0 aromatic heterocycles. The molecule has 0 aliphatic carbocycles. The third-order valence-corrected chi connectivity index (χ3v) is 3.74. The summed E-state index contributed by atoms with van der Waals surface area (Å²) < 4.78 is 5.33. The van der Waals surface area contributed by atoms with Gasteiger partial charge in [0.1, 0.15) is 5.41 Å². The lowest BCUT2D eigenvalue weighted by molar-refractivity contribution is -0.139. The lowest BCUT2D eigenvalue weighted by atomic mass is 9.76. The lowest BCUT2D eigenvalue weighted by Gasteiger charge is -2.35. The second-order valence-electron chi connectivity index (χ2n) is 5.15. The molecule has 0 fully saturated rings. The summed E-state index contributed by atoms with van der Waals surface area (Å²) >= 11 is 0. The van der Waals surface area contributed by atoms with Crippen LogP contribution in [0.4, 0.5) is 0 Å². The maximum Gasteiger partial charge on any atom is 0.236 e. The molecule has 6 heteroatoms. The van der Waals surface area contributed by atoms with Crippen molar-refractivity contribution < 1.29 is 14.7 Å². The molecule has 0 aromatic carbocycles. The summed E-state index contributed by atoms with van der Waals surface area (Å²) in [5, 5.41) is 12.3. The molecule has 21 heavy (non-hydrogen) atoms. The highest BCUT2D eigenvalue weighted by molar-refractivity contribution is 6.06. The van der Waals surface area contributed by atoms with Crippen molar-refractivity contribution in [3.8, 4) is 0 Å². The second-order valence-corrected chi connectivity index (χ2v) is 5.15. The Labute approximate surface area is 128 Å². The van der Waals surface area contributed by atoms with Crippen LogP contribution < -0.4 is 5.73 Å². The maximum atomic E-state index is 13.0. The number of ether oxygens (including phenoxy) is 1. The van der Waals surface area contributed by atoms with E-state index in [1.165, 1.54) is 0 Å². The van der Waals surface area contributed by atoms with Crippen LogP contribution >= 0.6 is 0 Å². The smallest absolute Gasteiger partial charge is 0.236 e. The van der Waals surface area contributed by atoms with E-state index in [9.17, 15) is 4.79 Å². The molecule has 0 aromatic rings. The monoisotopic (exact) mass is 301 g/mol. The van der Waals surface area contributed by atoms with Gasteiger partial charge < -0.3 is 20.6 Å². The normalized spacial score (nSPS) is 12.5. The van der Waals surface area contributed by atoms with Crippen LogP contribution in [-0.2, 0) is 9.53 Å². The largest absolute Gasteiger partial charge is 0.409 e. The Kier molecular flexibility index (Phi) is 9.78. The van der Waals surface area contributed by atoms with Gasteiger partial charge in [-0.2, -0.15) is 0 Å². The van der Waals surface area contributed by atoms with Gasteiger partial charge in [-0.25, -0.2) is 0 Å². The van der Waals surface area contributed by atoms with E-state index >= 15 is 0 Å². The van der Waals surface area contributed by atoms with Crippen molar-refractivity contribution in [2.45, 2.75) is 53.4 Å². The minimum absolute atomic E-state index is 0.0195. The Morgan fingerprint density at radius 3 is 2.19 bits per heavy atom. The molecule has 0 heterocycles. The van der Waals surface area contributed by atoms with E-state index in [0.29, 0.717) is 39.1 Å². The molecular formula is C15H31N3O3. The molecule has 0 saturated carbocycles. The molecule has 0 spiro atoms. The first-order valence-corrected chi connectivity index (χ1v) is 7.89. The first-order chi connectivity index (χ1) is 10.0. The standard InChI is InChI=1S/C15H31N3O3/c1-5-9-15(10-6-2,13(16)17-20)14(19)18(7-3)11-12-21-8-4/h20H,5-12H2,1-4H3,(H2,16,17). The number of rotatable bonds is 11. The summed E-state index contributed by atoms with van der Waals surface area (Å²) in [6.07, 6.45) is 2.76. The average Bonchev–Trinajstić information content (AvgIpc) is 2.49. The molecule has 0 atom stereocenters. The van der Waals surface area contributed by atoms with Crippen LogP contribution in [0.1, 0.15) is 53.4 Å². The summed E-state index contributed by atoms with van der Waals surface area (Å²) in [4.78, 5) is 14.7. The van der Waals surface area contributed by atoms with Gasteiger partial charge in [-0.15, -0.1) is 0 Å². The molecule has 0 bridgehead atoms. The Morgan fingerprint density at radius 2 is 1.81 bits per heavy atom. The van der Waals surface area contributed by atoms with Gasteiger partial charge in [-0.1, -0.05) is 31.8 Å². The van der Waals surface area contributed by atoms with E-state index in [4.69, 9.17) is 15.7 Å². The van der Waals surface area contributed by atoms with Crippen molar-refractivity contribution >= 4 is 11.7 Å². The average molecular weight is 301 g/mol. The fourth-order valence-corrected chi connectivity index (χ4v) is 2.68. The fraction of sp³-hybridized carbons (Fsp3) is 0.867. The van der Waals surface area contributed by atoms with Gasteiger partial charge >= 0.3 is 0 Å². The molecule has 0 saturated heterocycles. The second kappa shape index (κ2) is 10.4. The van der Waals surface area contributed by atoms with Crippen molar-refractivity contribution in [1.82, 2.24) is 4.90 Å². The van der Waals surface area contributed by atoms with Crippen LogP contribution in [0, 0.1) is 5.41 Å². The number of nitrogens with two attached hydrogens (primary N) is 1. The van der Waals surface area contributed by atoms with Gasteiger partial charge in [0.25, 0.3) is 0 Å². The number of hydrogen-bond donors (Lipinski definition) is 2. The van der Waals surface area contributed by atoms with Gasteiger partial charge in [0.05, 0.1) is 6.61 Å². The molecule has 3 N–H and O–H groups in total. The summed E-state index contributed by atoms with van der Waals surface area (Å²) in [6.45, 7) is 10.1. The number of carbonyl (C=O) groups is 1. The van der Waals surface area contributed by atoms with Crippen LogP contribution in [0.5, 0.6) is 0 Å². The van der Waals surface area contributed by atoms with E-state index in [-0.39, 0.29) is 11.7 Å². The van der Waals surface area contributed by atoms with Crippen molar-refractivity contribution in [3.05, 3.63) is 0 Å². The third kappa shape index (κ3) is 5.19. The molecule has 0 unspecified atom stereocenters. The van der Waals surface area contributed by atoms with E-state index in [0.717, 1.165) is 12.8 Å². The van der Waals surface area contributed by atoms with Crippen molar-refractivity contribution in [2.24, 2.45) is 16.3 Å². The SMILES string of the molecule is CCCC(CCC)(C(=O)N(CC)CCOCC)C(N)=NO. The van der Waals surface area contributed by atoms with Gasteiger partial charge in [0.15, 0.2) is 5.84 Å². The van der Waals surface area contributed by atoms with Crippen LogP contribution in [0.2, 0.25) is 0 Å². The first-order valence-electron chi connectivity index (χ1n) is 7.89. The van der Waals surface area contributed by atoms with Gasteiger partial charge in [0, 0.05) is 19.7 Å². The summed E-state index contributed by atoms with van der Waals surface area (Å²) in [5.41, 5.74) is 4.99. The lowest BCUT2D eigenvalue weighted by Crippen LogP contribution is -2.52. The molecule has 0 aliphatic heterocycles. The van der Waals surface area contributed by atoms with E-state index < -0.39 is 5.41 Å². The predicted molar refractivity (Wildman–Crippen MR) is 84.4 cm³/mol. The Morgan fingerprint density at radius 1 is 1.24 bits per heavy atom. The van der Waals surface area contributed by atoms with Crippen LogP contribution in [0.25, 0.3) is 0 Å². The van der Waals surface area contributed by atoms with Gasteiger partial charge in [0.2, 0.25) is 5.91 Å². The minimum atomic E-state index is -0.902. The van der Waals surface area contributed by atoms with E-state index in [2.05, 4.69) is 5.16 Å².